The summed E-state index contributed by atoms with van der Waals surface area (Å²) in [7, 11) is 0. The molecule has 0 unspecified atom stereocenters. The molecule has 3 N–H and O–H groups in total. The fraction of sp³-hybridized carbons (Fsp3) is 0.333. The molecule has 3 aromatic rings. The van der Waals surface area contributed by atoms with Crippen LogP contribution in [-0.2, 0) is 4.79 Å². The van der Waals surface area contributed by atoms with E-state index in [1.165, 1.54) is 0 Å². The number of anilines is 2. The van der Waals surface area contributed by atoms with Gasteiger partial charge in [0, 0.05) is 37.7 Å². The third-order valence-corrected chi connectivity index (χ3v) is 4.53. The van der Waals surface area contributed by atoms with Crippen LogP contribution in [0, 0.1) is 0 Å². The fourth-order valence-electron chi connectivity index (χ4n) is 3.33. The van der Waals surface area contributed by atoms with Crippen molar-refractivity contribution in [2.24, 2.45) is 0 Å². The maximum Gasteiger partial charge on any atom is 0.239 e. The van der Waals surface area contributed by atoms with Gasteiger partial charge in [-0.15, -0.1) is 0 Å². The molecule has 26 heavy (non-hydrogen) atoms. The maximum atomic E-state index is 12.3. The van der Waals surface area contributed by atoms with E-state index in [0.717, 1.165) is 48.5 Å². The Bertz CT molecular complexity index is 879. The van der Waals surface area contributed by atoms with Crippen molar-refractivity contribution >= 4 is 28.4 Å². The molecule has 0 bridgehead atoms. The molecule has 1 fully saturated rings. The first-order valence-electron chi connectivity index (χ1n) is 8.76. The number of nitrogens with one attached hydrogen (secondary N) is 3. The van der Waals surface area contributed by atoms with E-state index in [1.54, 1.807) is 18.7 Å². The van der Waals surface area contributed by atoms with Crippen molar-refractivity contribution in [2.45, 2.75) is 18.9 Å². The first-order valence-corrected chi connectivity index (χ1v) is 8.76. The summed E-state index contributed by atoms with van der Waals surface area (Å²) < 4.78 is 0. The average Bonchev–Trinajstić information content (AvgIpc) is 3.16. The van der Waals surface area contributed by atoms with E-state index in [4.69, 9.17) is 0 Å². The van der Waals surface area contributed by atoms with Crippen LogP contribution in [0.2, 0.25) is 0 Å². The average molecular weight is 351 g/mol. The second kappa shape index (κ2) is 7.38. The van der Waals surface area contributed by atoms with Gasteiger partial charge in [0.05, 0.1) is 17.6 Å². The monoisotopic (exact) mass is 351 g/mol. The van der Waals surface area contributed by atoms with Gasteiger partial charge in [-0.25, -0.2) is 9.97 Å². The molecule has 1 amide bonds. The zero-order valence-electron chi connectivity index (χ0n) is 14.4. The summed E-state index contributed by atoms with van der Waals surface area (Å²) in [5.41, 5.74) is 1.67. The van der Waals surface area contributed by atoms with E-state index in [9.17, 15) is 4.79 Å². The Kier molecular flexibility index (Phi) is 4.63. The van der Waals surface area contributed by atoms with Crippen LogP contribution in [-0.4, -0.2) is 51.5 Å². The molecule has 1 saturated heterocycles. The quantitative estimate of drug-likeness (QED) is 0.645. The largest absolute Gasteiger partial charge is 0.375 e. The number of piperidine rings is 1. The number of aromatic nitrogens is 4. The number of hydrogen-bond donors (Lipinski definition) is 3. The third kappa shape index (κ3) is 3.58. The lowest BCUT2D eigenvalue weighted by Crippen LogP contribution is -2.49. The molecule has 0 saturated carbocycles. The molecular weight excluding hydrogens is 330 g/mol. The van der Waals surface area contributed by atoms with Crippen LogP contribution in [0.15, 0.2) is 43.1 Å². The number of fused-ring (bicyclic) bond motifs is 1. The maximum absolute atomic E-state index is 12.3. The van der Waals surface area contributed by atoms with Crippen LogP contribution < -0.4 is 15.5 Å². The SMILES string of the molecule is O=C(CNc1cccnc1)N[C@H]1CCCN(c2ncnc3[nH]ccc23)C1. The summed E-state index contributed by atoms with van der Waals surface area (Å²) in [4.78, 5) is 30.3. The number of aromatic amines is 1. The molecule has 1 aliphatic rings. The molecule has 3 aromatic heterocycles. The summed E-state index contributed by atoms with van der Waals surface area (Å²) in [6.07, 6.45) is 8.83. The summed E-state index contributed by atoms with van der Waals surface area (Å²) >= 11 is 0. The minimum absolute atomic E-state index is 0.0184. The van der Waals surface area contributed by atoms with Crippen molar-refractivity contribution in [1.82, 2.24) is 25.3 Å². The van der Waals surface area contributed by atoms with Crippen molar-refractivity contribution in [3.05, 3.63) is 43.1 Å². The van der Waals surface area contributed by atoms with E-state index >= 15 is 0 Å². The van der Waals surface area contributed by atoms with Crippen molar-refractivity contribution < 1.29 is 4.79 Å². The number of carbonyl (C=O) groups excluding carboxylic acids is 1. The molecule has 1 atom stereocenters. The lowest BCUT2D eigenvalue weighted by Gasteiger charge is -2.34. The zero-order valence-corrected chi connectivity index (χ0v) is 14.4. The first-order chi connectivity index (χ1) is 12.8. The highest BCUT2D eigenvalue weighted by atomic mass is 16.2. The van der Waals surface area contributed by atoms with Gasteiger partial charge >= 0.3 is 0 Å². The Hall–Kier alpha value is -3.16. The highest BCUT2D eigenvalue weighted by Gasteiger charge is 2.23. The van der Waals surface area contributed by atoms with E-state index in [-0.39, 0.29) is 18.5 Å². The van der Waals surface area contributed by atoms with Gasteiger partial charge in [-0.1, -0.05) is 0 Å². The van der Waals surface area contributed by atoms with Crippen molar-refractivity contribution in [2.75, 3.05) is 29.9 Å². The molecular formula is C18H21N7O. The molecule has 8 nitrogen and oxygen atoms in total. The highest BCUT2D eigenvalue weighted by Crippen LogP contribution is 2.24. The van der Waals surface area contributed by atoms with Crippen molar-refractivity contribution in [3.8, 4) is 0 Å². The third-order valence-electron chi connectivity index (χ3n) is 4.53. The van der Waals surface area contributed by atoms with Crippen LogP contribution in [0.1, 0.15) is 12.8 Å². The Morgan fingerprint density at radius 3 is 3.19 bits per heavy atom. The number of hydrogen-bond acceptors (Lipinski definition) is 6. The van der Waals surface area contributed by atoms with Crippen LogP contribution in [0.3, 0.4) is 0 Å². The van der Waals surface area contributed by atoms with Crippen molar-refractivity contribution in [3.63, 3.8) is 0 Å². The molecule has 1 aliphatic heterocycles. The summed E-state index contributed by atoms with van der Waals surface area (Å²) in [6, 6.07) is 5.82. The Labute approximate surface area is 151 Å². The van der Waals surface area contributed by atoms with Gasteiger partial charge in [0.1, 0.15) is 17.8 Å². The zero-order chi connectivity index (χ0) is 17.8. The van der Waals surface area contributed by atoms with E-state index in [0.29, 0.717) is 0 Å². The second-order valence-electron chi connectivity index (χ2n) is 6.39. The summed E-state index contributed by atoms with van der Waals surface area (Å²) in [5.74, 6) is 0.902. The number of nitrogens with zero attached hydrogens (tertiary/aromatic N) is 4. The van der Waals surface area contributed by atoms with Gasteiger partial charge in [-0.2, -0.15) is 0 Å². The molecule has 134 valence electrons. The second-order valence-corrected chi connectivity index (χ2v) is 6.39. The molecule has 0 aliphatic carbocycles. The van der Waals surface area contributed by atoms with Gasteiger partial charge in [-0.05, 0) is 31.0 Å². The standard InChI is InChI=1S/C18H21N7O/c26-16(10-21-13-3-1-6-19-9-13)24-14-4-2-8-25(11-14)18-15-5-7-20-17(15)22-12-23-18/h1,3,5-7,9,12,14,21H,2,4,8,10-11H2,(H,24,26)(H,20,22,23)/t14-/m0/s1. The molecule has 0 spiro atoms. The minimum atomic E-state index is -0.0184. The van der Waals surface area contributed by atoms with Crippen molar-refractivity contribution in [1.29, 1.82) is 0 Å². The molecule has 8 heteroatoms. The predicted octanol–water partition coefficient (Wildman–Crippen LogP) is 1.55. The Morgan fingerprint density at radius 2 is 2.31 bits per heavy atom. The number of amides is 1. The van der Waals surface area contributed by atoms with Gasteiger partial charge in [0.15, 0.2) is 0 Å². The highest BCUT2D eigenvalue weighted by molar-refractivity contribution is 5.87. The number of pyridine rings is 1. The van der Waals surface area contributed by atoms with Gasteiger partial charge in [-0.3, -0.25) is 9.78 Å². The summed E-state index contributed by atoms with van der Waals surface area (Å²) in [6.45, 7) is 1.91. The Morgan fingerprint density at radius 1 is 1.35 bits per heavy atom. The normalized spacial score (nSPS) is 17.2. The minimum Gasteiger partial charge on any atom is -0.375 e. The van der Waals surface area contributed by atoms with Crippen LogP contribution in [0.4, 0.5) is 11.5 Å². The molecule has 4 rings (SSSR count). The molecule has 0 radical (unpaired) electrons. The number of carbonyl (C=O) groups is 1. The van der Waals surface area contributed by atoms with E-state index in [2.05, 4.69) is 35.5 Å². The molecule has 4 heterocycles. The van der Waals surface area contributed by atoms with Gasteiger partial charge < -0.3 is 20.5 Å². The number of H-pyrrole nitrogens is 1. The van der Waals surface area contributed by atoms with E-state index in [1.807, 2.05) is 24.4 Å². The Balaban J connectivity index is 1.36. The van der Waals surface area contributed by atoms with Crippen LogP contribution in [0.25, 0.3) is 11.0 Å². The van der Waals surface area contributed by atoms with E-state index < -0.39 is 0 Å². The fourth-order valence-corrected chi connectivity index (χ4v) is 3.33. The van der Waals surface area contributed by atoms with Crippen LogP contribution in [0.5, 0.6) is 0 Å². The van der Waals surface area contributed by atoms with Crippen LogP contribution >= 0.6 is 0 Å². The molecule has 0 aromatic carbocycles. The lowest BCUT2D eigenvalue weighted by molar-refractivity contribution is -0.120. The topological polar surface area (TPSA) is 98.8 Å². The first kappa shape index (κ1) is 16.3. The van der Waals surface area contributed by atoms with Gasteiger partial charge in [0.25, 0.3) is 0 Å². The number of rotatable bonds is 5. The van der Waals surface area contributed by atoms with Gasteiger partial charge in [0.2, 0.25) is 5.91 Å². The summed E-state index contributed by atoms with van der Waals surface area (Å²) in [5, 5.41) is 7.21. The smallest absolute Gasteiger partial charge is 0.239 e. The predicted molar refractivity (Wildman–Crippen MR) is 100.0 cm³/mol. The lowest BCUT2D eigenvalue weighted by atomic mass is 10.1.